The van der Waals surface area contributed by atoms with Crippen molar-refractivity contribution in [2.75, 3.05) is 27.4 Å². The minimum absolute atomic E-state index is 0.0357. The van der Waals surface area contributed by atoms with Gasteiger partial charge in [0.1, 0.15) is 12.1 Å². The second kappa shape index (κ2) is 9.34. The molecule has 1 saturated heterocycles. The minimum Gasteiger partial charge on any atom is -0.483 e. The largest absolute Gasteiger partial charge is 0.483 e. The Labute approximate surface area is 177 Å². The predicted molar refractivity (Wildman–Crippen MR) is 118 cm³/mol. The molecule has 2 atom stereocenters. The molecule has 0 unspecified atom stereocenters. The van der Waals surface area contributed by atoms with Crippen LogP contribution in [0, 0.1) is 16.7 Å². The maximum absolute atomic E-state index is 5.99. The van der Waals surface area contributed by atoms with Gasteiger partial charge in [0.15, 0.2) is 5.79 Å². The SMILES string of the molecule is CCC1(CC(C)(C)CC(C)(C)C[C@@H]2N=C(OC)[C@@H](C(C)C)N=C2OC)OCCO1. The molecule has 0 bridgehead atoms. The molecule has 2 rings (SSSR count). The van der Waals surface area contributed by atoms with Crippen molar-refractivity contribution in [1.29, 1.82) is 0 Å². The lowest BCUT2D eigenvalue weighted by atomic mass is 9.69. The molecule has 0 aliphatic carbocycles. The number of hydrogen-bond acceptors (Lipinski definition) is 6. The Bertz CT molecular complexity index is 604. The molecule has 168 valence electrons. The Morgan fingerprint density at radius 1 is 1.00 bits per heavy atom. The van der Waals surface area contributed by atoms with Crippen LogP contribution < -0.4 is 0 Å². The van der Waals surface area contributed by atoms with E-state index in [1.165, 1.54) is 0 Å². The highest BCUT2D eigenvalue weighted by atomic mass is 16.7. The fraction of sp³-hybridized carbons (Fsp3) is 0.913. The standard InChI is InChI=1S/C23H42N2O4/c1-10-23(28-11-12-29-23)15-22(6,7)14-21(4,5)13-17-19(26-8)25-18(16(2)3)20(24-17)27-9/h16-18H,10-15H2,1-9H3/t17-,18+/m0/s1. The van der Waals surface area contributed by atoms with Crippen LogP contribution in [0.2, 0.25) is 0 Å². The summed E-state index contributed by atoms with van der Waals surface area (Å²) in [5, 5.41) is 0. The molecule has 1 fully saturated rings. The lowest BCUT2D eigenvalue weighted by molar-refractivity contribution is -0.182. The van der Waals surface area contributed by atoms with Gasteiger partial charge in [-0.1, -0.05) is 48.5 Å². The van der Waals surface area contributed by atoms with Crippen LogP contribution in [-0.4, -0.2) is 57.1 Å². The number of aliphatic imine (C=N–C) groups is 2. The van der Waals surface area contributed by atoms with E-state index in [0.717, 1.165) is 25.7 Å². The van der Waals surface area contributed by atoms with E-state index >= 15 is 0 Å². The third-order valence-electron chi connectivity index (χ3n) is 5.94. The average Bonchev–Trinajstić information content (AvgIpc) is 3.07. The van der Waals surface area contributed by atoms with Crippen molar-refractivity contribution >= 4 is 11.8 Å². The van der Waals surface area contributed by atoms with Gasteiger partial charge in [-0.3, -0.25) is 0 Å². The van der Waals surface area contributed by atoms with Crippen LogP contribution >= 0.6 is 0 Å². The van der Waals surface area contributed by atoms with Gasteiger partial charge >= 0.3 is 0 Å². The Kier molecular flexibility index (Phi) is 7.77. The van der Waals surface area contributed by atoms with E-state index in [9.17, 15) is 0 Å². The van der Waals surface area contributed by atoms with Gasteiger partial charge in [-0.2, -0.15) is 0 Å². The highest BCUT2D eigenvalue weighted by molar-refractivity contribution is 5.94. The Morgan fingerprint density at radius 3 is 2.07 bits per heavy atom. The summed E-state index contributed by atoms with van der Waals surface area (Å²) in [4.78, 5) is 9.71. The van der Waals surface area contributed by atoms with Gasteiger partial charge in [-0.15, -0.1) is 0 Å². The summed E-state index contributed by atoms with van der Waals surface area (Å²) in [6.07, 6.45) is 3.63. The first kappa shape index (κ1) is 24.1. The molecule has 0 amide bonds. The molecule has 0 aromatic rings. The average molecular weight is 411 g/mol. The molecule has 2 heterocycles. The Balaban J connectivity index is 2.12. The van der Waals surface area contributed by atoms with E-state index in [4.69, 9.17) is 28.9 Å². The molecule has 6 nitrogen and oxygen atoms in total. The molecule has 2 aliphatic heterocycles. The van der Waals surface area contributed by atoms with Crippen molar-refractivity contribution in [3.63, 3.8) is 0 Å². The lowest BCUT2D eigenvalue weighted by Gasteiger charge is -2.41. The van der Waals surface area contributed by atoms with E-state index < -0.39 is 5.79 Å². The van der Waals surface area contributed by atoms with E-state index in [1.807, 2.05) is 0 Å². The zero-order valence-corrected chi connectivity index (χ0v) is 20.0. The second-order valence-corrected chi connectivity index (χ2v) is 10.4. The van der Waals surface area contributed by atoms with Crippen LogP contribution in [0.1, 0.15) is 74.1 Å². The van der Waals surface area contributed by atoms with Gasteiger partial charge in [-0.05, 0) is 36.0 Å². The van der Waals surface area contributed by atoms with Crippen molar-refractivity contribution in [2.24, 2.45) is 26.7 Å². The molecule has 2 aliphatic rings. The minimum atomic E-state index is -0.435. The molecule has 0 aromatic carbocycles. The zero-order valence-electron chi connectivity index (χ0n) is 20.0. The van der Waals surface area contributed by atoms with Crippen LogP contribution in [0.15, 0.2) is 9.98 Å². The monoisotopic (exact) mass is 410 g/mol. The van der Waals surface area contributed by atoms with E-state index in [-0.39, 0.29) is 22.9 Å². The lowest BCUT2D eigenvalue weighted by Crippen LogP contribution is -2.41. The van der Waals surface area contributed by atoms with Gasteiger partial charge in [0, 0.05) is 6.42 Å². The van der Waals surface area contributed by atoms with Crippen molar-refractivity contribution in [1.82, 2.24) is 0 Å². The summed E-state index contributed by atoms with van der Waals surface area (Å²) in [6, 6.07) is -0.193. The third kappa shape index (κ3) is 6.17. The smallest absolute Gasteiger partial charge is 0.209 e. The fourth-order valence-corrected chi connectivity index (χ4v) is 5.10. The summed E-state index contributed by atoms with van der Waals surface area (Å²) >= 11 is 0. The van der Waals surface area contributed by atoms with Crippen LogP contribution in [0.3, 0.4) is 0 Å². The number of rotatable bonds is 8. The third-order valence-corrected chi connectivity index (χ3v) is 5.94. The summed E-state index contributed by atoms with van der Waals surface area (Å²) in [7, 11) is 3.37. The topological polar surface area (TPSA) is 61.6 Å². The normalized spacial score (nSPS) is 25.0. The molecule has 0 radical (unpaired) electrons. The van der Waals surface area contributed by atoms with Crippen LogP contribution in [0.4, 0.5) is 0 Å². The second-order valence-electron chi connectivity index (χ2n) is 10.4. The maximum atomic E-state index is 5.99. The zero-order chi connectivity index (χ0) is 21.9. The Hall–Kier alpha value is -1.14. The van der Waals surface area contributed by atoms with Crippen molar-refractivity contribution in [3.8, 4) is 0 Å². The molecular weight excluding hydrogens is 368 g/mol. The number of nitrogens with zero attached hydrogens (tertiary/aromatic N) is 2. The fourth-order valence-electron chi connectivity index (χ4n) is 5.10. The van der Waals surface area contributed by atoms with Crippen molar-refractivity contribution in [3.05, 3.63) is 0 Å². The first-order valence-electron chi connectivity index (χ1n) is 11.0. The van der Waals surface area contributed by atoms with Crippen LogP contribution in [-0.2, 0) is 18.9 Å². The first-order valence-corrected chi connectivity index (χ1v) is 11.0. The molecular formula is C23H42N2O4. The summed E-state index contributed by atoms with van der Waals surface area (Å²) in [5.41, 5.74) is 0.102. The number of hydrogen-bond donors (Lipinski definition) is 0. The molecule has 0 N–H and O–H groups in total. The molecule has 0 saturated carbocycles. The van der Waals surface area contributed by atoms with Crippen LogP contribution in [0.25, 0.3) is 0 Å². The summed E-state index contributed by atoms with van der Waals surface area (Å²) in [6.45, 7) is 17.0. The predicted octanol–water partition coefficient (Wildman–Crippen LogP) is 4.86. The Morgan fingerprint density at radius 2 is 1.59 bits per heavy atom. The quantitative estimate of drug-likeness (QED) is 0.573. The maximum Gasteiger partial charge on any atom is 0.209 e. The van der Waals surface area contributed by atoms with Crippen molar-refractivity contribution in [2.45, 2.75) is 92.0 Å². The van der Waals surface area contributed by atoms with Gasteiger partial charge in [0.2, 0.25) is 11.8 Å². The summed E-state index contributed by atoms with van der Waals surface area (Å²) in [5.74, 6) is 1.29. The van der Waals surface area contributed by atoms with Crippen molar-refractivity contribution < 1.29 is 18.9 Å². The molecule has 0 spiro atoms. The van der Waals surface area contributed by atoms with E-state index in [2.05, 4.69) is 48.5 Å². The molecule has 6 heteroatoms. The summed E-state index contributed by atoms with van der Waals surface area (Å²) < 4.78 is 23.2. The first-order chi connectivity index (χ1) is 13.5. The number of methoxy groups -OCH3 is 2. The van der Waals surface area contributed by atoms with Gasteiger partial charge in [0.25, 0.3) is 0 Å². The number of ether oxygens (including phenoxy) is 4. The highest BCUT2D eigenvalue weighted by Gasteiger charge is 2.43. The molecule has 29 heavy (non-hydrogen) atoms. The van der Waals surface area contributed by atoms with E-state index in [0.29, 0.717) is 30.9 Å². The van der Waals surface area contributed by atoms with Gasteiger partial charge in [-0.25, -0.2) is 9.98 Å². The van der Waals surface area contributed by atoms with Gasteiger partial charge < -0.3 is 18.9 Å². The molecule has 0 aromatic heterocycles. The van der Waals surface area contributed by atoms with Crippen LogP contribution in [0.5, 0.6) is 0 Å². The highest BCUT2D eigenvalue weighted by Crippen LogP contribution is 2.45. The van der Waals surface area contributed by atoms with E-state index in [1.54, 1.807) is 14.2 Å². The van der Waals surface area contributed by atoms with Gasteiger partial charge in [0.05, 0.1) is 27.4 Å².